The topological polar surface area (TPSA) is 92.5 Å². The highest BCUT2D eigenvalue weighted by Crippen LogP contribution is 2.30. The molecule has 0 aromatic carbocycles. The zero-order valence-electron chi connectivity index (χ0n) is 12.5. The molecule has 0 bridgehead atoms. The summed E-state index contributed by atoms with van der Waals surface area (Å²) in [5.74, 6) is -1.04. The highest BCUT2D eigenvalue weighted by molar-refractivity contribution is 7.89. The summed E-state index contributed by atoms with van der Waals surface area (Å²) in [7, 11) is -3.62. The summed E-state index contributed by atoms with van der Waals surface area (Å²) in [5.41, 5.74) is 0.743. The molecule has 7 nitrogen and oxygen atoms in total. The first-order chi connectivity index (χ1) is 9.78. The van der Waals surface area contributed by atoms with Crippen molar-refractivity contribution < 1.29 is 18.3 Å². The molecule has 2 heterocycles. The van der Waals surface area contributed by atoms with Gasteiger partial charge in [-0.25, -0.2) is 8.42 Å². The van der Waals surface area contributed by atoms with Crippen LogP contribution < -0.4 is 0 Å². The maximum absolute atomic E-state index is 12.9. The lowest BCUT2D eigenvalue weighted by atomic mass is 10.2. The maximum Gasteiger partial charge on any atom is 0.325 e. The minimum absolute atomic E-state index is 0.0247. The van der Waals surface area contributed by atoms with Gasteiger partial charge in [0.05, 0.1) is 11.4 Å². The van der Waals surface area contributed by atoms with Crippen molar-refractivity contribution in [3.05, 3.63) is 11.4 Å². The Morgan fingerprint density at radius 1 is 1.43 bits per heavy atom. The second kappa shape index (κ2) is 5.76. The van der Waals surface area contributed by atoms with Gasteiger partial charge in [0.25, 0.3) is 0 Å². The van der Waals surface area contributed by atoms with Gasteiger partial charge in [-0.05, 0) is 33.1 Å². The van der Waals surface area contributed by atoms with Gasteiger partial charge >= 0.3 is 5.97 Å². The zero-order chi connectivity index (χ0) is 15.8. The Labute approximate surface area is 124 Å². The van der Waals surface area contributed by atoms with Crippen LogP contribution in [-0.4, -0.2) is 46.2 Å². The molecule has 1 aliphatic rings. The van der Waals surface area contributed by atoms with Crippen LogP contribution in [0, 0.1) is 13.8 Å². The van der Waals surface area contributed by atoms with Crippen molar-refractivity contribution >= 4 is 16.0 Å². The van der Waals surface area contributed by atoms with Gasteiger partial charge in [-0.1, -0.05) is 6.92 Å². The number of nitrogens with zero attached hydrogens (tertiary/aromatic N) is 3. The summed E-state index contributed by atoms with van der Waals surface area (Å²) in [6, 6.07) is 0.0247. The summed E-state index contributed by atoms with van der Waals surface area (Å²) < 4.78 is 28.5. The molecule has 1 fully saturated rings. The molecule has 1 aromatic rings. The van der Waals surface area contributed by atoms with Crippen molar-refractivity contribution in [3.8, 4) is 0 Å². The highest BCUT2D eigenvalue weighted by atomic mass is 32.2. The smallest absolute Gasteiger partial charge is 0.325 e. The molecule has 1 unspecified atom stereocenters. The fraction of sp³-hybridized carbons (Fsp3) is 0.692. The molecule has 0 saturated carbocycles. The molecule has 1 aliphatic heterocycles. The fourth-order valence-electron chi connectivity index (χ4n) is 2.99. The molecule has 1 atom stereocenters. The summed E-state index contributed by atoms with van der Waals surface area (Å²) in [6.45, 7) is 5.37. The van der Waals surface area contributed by atoms with Crippen LogP contribution in [0.4, 0.5) is 0 Å². The molecule has 8 heteroatoms. The summed E-state index contributed by atoms with van der Waals surface area (Å²) in [6.07, 6.45) is 2.51. The predicted octanol–water partition coefficient (Wildman–Crippen LogP) is 1.15. The number of aryl methyl sites for hydroxylation is 1. The SMILES string of the molecule is CCC1CCCN1S(=O)(=O)c1c(C)nn(CC(=O)O)c1C. The minimum Gasteiger partial charge on any atom is -0.480 e. The lowest BCUT2D eigenvalue weighted by Gasteiger charge is -2.23. The Kier molecular flexibility index (Phi) is 4.38. The minimum atomic E-state index is -3.62. The van der Waals surface area contributed by atoms with Crippen LogP contribution in [-0.2, 0) is 21.4 Å². The molecule has 0 radical (unpaired) electrons. The molecule has 2 rings (SSSR count). The van der Waals surface area contributed by atoms with Gasteiger partial charge in [-0.3, -0.25) is 9.48 Å². The maximum atomic E-state index is 12.9. The third kappa shape index (κ3) is 2.82. The molecular weight excluding hydrogens is 294 g/mol. The van der Waals surface area contributed by atoms with E-state index in [9.17, 15) is 13.2 Å². The molecule has 1 saturated heterocycles. The number of hydrogen-bond acceptors (Lipinski definition) is 4. The van der Waals surface area contributed by atoms with Crippen LogP contribution >= 0.6 is 0 Å². The van der Waals surface area contributed by atoms with E-state index in [4.69, 9.17) is 5.11 Å². The van der Waals surface area contributed by atoms with Crippen molar-refractivity contribution in [3.63, 3.8) is 0 Å². The van der Waals surface area contributed by atoms with Crippen LogP contribution in [0.2, 0.25) is 0 Å². The second-order valence-corrected chi connectivity index (χ2v) is 7.20. The fourth-order valence-corrected chi connectivity index (χ4v) is 5.13. The molecule has 0 spiro atoms. The summed E-state index contributed by atoms with van der Waals surface area (Å²) in [4.78, 5) is 11.0. The van der Waals surface area contributed by atoms with E-state index < -0.39 is 16.0 Å². The zero-order valence-corrected chi connectivity index (χ0v) is 13.4. The third-order valence-corrected chi connectivity index (χ3v) is 6.17. The quantitative estimate of drug-likeness (QED) is 0.880. The number of rotatable bonds is 5. The van der Waals surface area contributed by atoms with E-state index in [1.54, 1.807) is 13.8 Å². The predicted molar refractivity (Wildman–Crippen MR) is 76.5 cm³/mol. The third-order valence-electron chi connectivity index (χ3n) is 3.96. The average molecular weight is 315 g/mol. The van der Waals surface area contributed by atoms with Gasteiger partial charge < -0.3 is 5.11 Å². The first-order valence-corrected chi connectivity index (χ1v) is 8.50. The number of sulfonamides is 1. The normalized spacial score (nSPS) is 20.0. The Hall–Kier alpha value is -1.41. The number of carbonyl (C=O) groups is 1. The van der Waals surface area contributed by atoms with Crippen LogP contribution in [0.25, 0.3) is 0 Å². The summed E-state index contributed by atoms with van der Waals surface area (Å²) in [5, 5.41) is 12.9. The van der Waals surface area contributed by atoms with Crippen LogP contribution in [0.5, 0.6) is 0 Å². The summed E-state index contributed by atoms with van der Waals surface area (Å²) >= 11 is 0. The number of carboxylic acids is 1. The lowest BCUT2D eigenvalue weighted by molar-refractivity contribution is -0.137. The van der Waals surface area contributed by atoms with Crippen molar-refractivity contribution in [2.75, 3.05) is 6.54 Å². The number of aliphatic carboxylic acids is 1. The first-order valence-electron chi connectivity index (χ1n) is 7.06. The van der Waals surface area contributed by atoms with Gasteiger partial charge in [-0.2, -0.15) is 9.40 Å². The molecule has 1 aromatic heterocycles. The molecular formula is C13H21N3O4S. The van der Waals surface area contributed by atoms with E-state index in [1.165, 1.54) is 8.99 Å². The number of hydrogen-bond donors (Lipinski definition) is 1. The second-order valence-electron chi connectivity index (χ2n) is 5.37. The Balaban J connectivity index is 2.45. The Bertz CT molecular complexity index is 651. The average Bonchev–Trinajstić information content (AvgIpc) is 2.95. The van der Waals surface area contributed by atoms with Gasteiger partial charge in [0, 0.05) is 12.6 Å². The Morgan fingerprint density at radius 3 is 2.67 bits per heavy atom. The van der Waals surface area contributed by atoms with Crippen LogP contribution in [0.3, 0.4) is 0 Å². The van der Waals surface area contributed by atoms with Gasteiger partial charge in [0.15, 0.2) is 0 Å². The lowest BCUT2D eigenvalue weighted by Crippen LogP contribution is -2.35. The number of carboxylic acid groups (broad SMARTS) is 1. The van der Waals surface area contributed by atoms with E-state index >= 15 is 0 Å². The molecule has 21 heavy (non-hydrogen) atoms. The largest absolute Gasteiger partial charge is 0.480 e. The van der Waals surface area contributed by atoms with Crippen LogP contribution in [0.15, 0.2) is 4.90 Å². The first kappa shape index (κ1) is 16.0. The van der Waals surface area contributed by atoms with Crippen molar-refractivity contribution in [1.82, 2.24) is 14.1 Å². The van der Waals surface area contributed by atoms with E-state index in [2.05, 4.69) is 5.10 Å². The van der Waals surface area contributed by atoms with E-state index in [-0.39, 0.29) is 17.5 Å². The van der Waals surface area contributed by atoms with Crippen LogP contribution in [0.1, 0.15) is 37.6 Å². The Morgan fingerprint density at radius 2 is 2.10 bits per heavy atom. The van der Waals surface area contributed by atoms with E-state index in [0.29, 0.717) is 17.9 Å². The van der Waals surface area contributed by atoms with E-state index in [0.717, 1.165) is 19.3 Å². The van der Waals surface area contributed by atoms with Gasteiger partial charge in [0.1, 0.15) is 11.4 Å². The van der Waals surface area contributed by atoms with Gasteiger partial charge in [-0.15, -0.1) is 0 Å². The monoisotopic (exact) mass is 315 g/mol. The van der Waals surface area contributed by atoms with Crippen molar-refractivity contribution in [1.29, 1.82) is 0 Å². The number of aromatic nitrogens is 2. The van der Waals surface area contributed by atoms with Gasteiger partial charge in [0.2, 0.25) is 10.0 Å². The van der Waals surface area contributed by atoms with Crippen molar-refractivity contribution in [2.24, 2.45) is 0 Å². The van der Waals surface area contributed by atoms with E-state index in [1.807, 2.05) is 6.92 Å². The molecule has 0 amide bonds. The molecule has 0 aliphatic carbocycles. The highest BCUT2D eigenvalue weighted by Gasteiger charge is 2.37. The molecule has 118 valence electrons. The molecule has 1 N–H and O–H groups in total. The standard InChI is InChI=1S/C13H21N3O4S/c1-4-11-6-5-7-16(11)21(19,20)13-9(2)14-15(10(13)3)8-12(17)18/h11H,4-8H2,1-3H3,(H,17,18). The van der Waals surface area contributed by atoms with Crippen molar-refractivity contribution in [2.45, 2.75) is 57.5 Å².